The summed E-state index contributed by atoms with van der Waals surface area (Å²) in [6.45, 7) is 2.12. The fraction of sp³-hybridized carbons (Fsp3) is 0.588. The normalized spacial score (nSPS) is 29.1. The summed E-state index contributed by atoms with van der Waals surface area (Å²) in [5.74, 6) is 2.75. The number of benzene rings is 1. The number of rotatable bonds is 4. The van der Waals surface area contributed by atoms with Gasteiger partial charge in [0.15, 0.2) is 0 Å². The fourth-order valence-electron chi connectivity index (χ4n) is 4.09. The van der Waals surface area contributed by atoms with Crippen LogP contribution in [0.15, 0.2) is 30.3 Å². The average Bonchev–Trinajstić information content (AvgIpc) is 3.01. The van der Waals surface area contributed by atoms with Gasteiger partial charge in [-0.15, -0.1) is 0 Å². The molecule has 3 nitrogen and oxygen atoms in total. The van der Waals surface area contributed by atoms with Crippen molar-refractivity contribution in [2.24, 2.45) is 17.8 Å². The Labute approximate surface area is 121 Å². The largest absolute Gasteiger partial charge is 0.335 e. The predicted molar refractivity (Wildman–Crippen MR) is 81.6 cm³/mol. The van der Waals surface area contributed by atoms with Crippen LogP contribution in [0.25, 0.3) is 0 Å². The van der Waals surface area contributed by atoms with E-state index in [1.54, 1.807) is 0 Å². The molecule has 1 aromatic rings. The van der Waals surface area contributed by atoms with Crippen molar-refractivity contribution in [2.75, 3.05) is 5.32 Å². The van der Waals surface area contributed by atoms with Crippen molar-refractivity contribution in [3.63, 3.8) is 0 Å². The van der Waals surface area contributed by atoms with Gasteiger partial charge in [-0.05, 0) is 62.5 Å². The van der Waals surface area contributed by atoms with Gasteiger partial charge in [0, 0.05) is 11.7 Å². The molecule has 0 spiro atoms. The molecule has 108 valence electrons. The smallest absolute Gasteiger partial charge is 0.319 e. The van der Waals surface area contributed by atoms with E-state index in [-0.39, 0.29) is 12.1 Å². The topological polar surface area (TPSA) is 41.1 Å². The van der Waals surface area contributed by atoms with Crippen LogP contribution < -0.4 is 10.6 Å². The van der Waals surface area contributed by atoms with Gasteiger partial charge in [0.25, 0.3) is 0 Å². The minimum absolute atomic E-state index is 0.0909. The first kappa shape index (κ1) is 13.5. The van der Waals surface area contributed by atoms with Gasteiger partial charge in [-0.25, -0.2) is 4.79 Å². The lowest BCUT2D eigenvalue weighted by Crippen LogP contribution is -2.37. The quantitative estimate of drug-likeness (QED) is 0.854. The maximum Gasteiger partial charge on any atom is 0.319 e. The third kappa shape index (κ3) is 3.14. The van der Waals surface area contributed by atoms with Crippen molar-refractivity contribution in [3.8, 4) is 0 Å². The van der Waals surface area contributed by atoms with Gasteiger partial charge in [-0.3, -0.25) is 0 Å². The van der Waals surface area contributed by atoms with Crippen molar-refractivity contribution >= 4 is 11.7 Å². The SMILES string of the molecule is CC(CC1CC2CCC1C2)NC(=O)Nc1ccccc1. The van der Waals surface area contributed by atoms with E-state index in [1.807, 2.05) is 30.3 Å². The van der Waals surface area contributed by atoms with E-state index >= 15 is 0 Å². The Morgan fingerprint density at radius 1 is 1.25 bits per heavy atom. The van der Waals surface area contributed by atoms with Crippen molar-refractivity contribution in [1.29, 1.82) is 0 Å². The summed E-state index contributed by atoms with van der Waals surface area (Å²) in [5.41, 5.74) is 0.845. The van der Waals surface area contributed by atoms with Gasteiger partial charge in [-0.1, -0.05) is 24.6 Å². The minimum Gasteiger partial charge on any atom is -0.335 e. The van der Waals surface area contributed by atoms with Gasteiger partial charge in [0.1, 0.15) is 0 Å². The van der Waals surface area contributed by atoms with Crippen LogP contribution >= 0.6 is 0 Å². The number of carbonyl (C=O) groups excluding carboxylic acids is 1. The number of urea groups is 1. The Balaban J connectivity index is 1.44. The third-order valence-corrected chi connectivity index (χ3v) is 4.95. The molecule has 2 aliphatic carbocycles. The second-order valence-corrected chi connectivity index (χ2v) is 6.54. The lowest BCUT2D eigenvalue weighted by Gasteiger charge is -2.25. The molecule has 1 aromatic carbocycles. The first-order chi connectivity index (χ1) is 9.70. The van der Waals surface area contributed by atoms with Crippen molar-refractivity contribution < 1.29 is 4.79 Å². The number of amides is 2. The van der Waals surface area contributed by atoms with Crippen LogP contribution in [-0.2, 0) is 0 Å². The van der Waals surface area contributed by atoms with E-state index < -0.39 is 0 Å². The summed E-state index contributed by atoms with van der Waals surface area (Å²) < 4.78 is 0. The highest BCUT2D eigenvalue weighted by atomic mass is 16.2. The van der Waals surface area contributed by atoms with Crippen molar-refractivity contribution in [1.82, 2.24) is 5.32 Å². The number of hydrogen-bond acceptors (Lipinski definition) is 1. The van der Waals surface area contributed by atoms with E-state index in [0.717, 1.165) is 29.9 Å². The molecule has 2 amide bonds. The molecular weight excluding hydrogens is 248 g/mol. The molecule has 0 aliphatic heterocycles. The van der Waals surface area contributed by atoms with Crippen LogP contribution in [-0.4, -0.2) is 12.1 Å². The summed E-state index contributed by atoms with van der Waals surface area (Å²) in [6.07, 6.45) is 6.81. The molecule has 0 radical (unpaired) electrons. The Kier molecular flexibility index (Phi) is 3.95. The molecule has 4 unspecified atom stereocenters. The summed E-state index contributed by atoms with van der Waals surface area (Å²) >= 11 is 0. The Bertz CT molecular complexity index is 459. The standard InChI is InChI=1S/C17H24N2O/c1-12(9-15-11-13-7-8-14(15)10-13)18-17(20)19-16-5-3-2-4-6-16/h2-6,12-15H,7-11H2,1H3,(H2,18,19,20). The number of anilines is 1. The van der Waals surface area contributed by atoms with Crippen molar-refractivity contribution in [3.05, 3.63) is 30.3 Å². The van der Waals surface area contributed by atoms with E-state index in [1.165, 1.54) is 25.7 Å². The molecule has 2 fully saturated rings. The highest BCUT2D eigenvalue weighted by Gasteiger charge is 2.39. The molecule has 2 saturated carbocycles. The lowest BCUT2D eigenvalue weighted by molar-refractivity contribution is 0.241. The zero-order valence-electron chi connectivity index (χ0n) is 12.1. The molecule has 2 bridgehead atoms. The van der Waals surface area contributed by atoms with E-state index in [9.17, 15) is 4.79 Å². The van der Waals surface area contributed by atoms with Crippen LogP contribution in [0.2, 0.25) is 0 Å². The predicted octanol–water partition coefficient (Wildman–Crippen LogP) is 4.02. The summed E-state index contributed by atoms with van der Waals surface area (Å²) in [5, 5.41) is 5.95. The molecule has 3 heteroatoms. The maximum atomic E-state index is 11.9. The number of nitrogens with one attached hydrogen (secondary N) is 2. The summed E-state index contributed by atoms with van der Waals surface area (Å²) in [7, 11) is 0. The molecule has 2 N–H and O–H groups in total. The van der Waals surface area contributed by atoms with Gasteiger partial charge in [-0.2, -0.15) is 0 Å². The minimum atomic E-state index is -0.0909. The number of carbonyl (C=O) groups is 1. The van der Waals surface area contributed by atoms with Crippen LogP contribution in [0.4, 0.5) is 10.5 Å². The van der Waals surface area contributed by atoms with Gasteiger partial charge < -0.3 is 10.6 Å². The molecular formula is C17H24N2O. The molecule has 4 atom stereocenters. The highest BCUT2D eigenvalue weighted by molar-refractivity contribution is 5.89. The zero-order chi connectivity index (χ0) is 13.9. The molecule has 0 heterocycles. The van der Waals surface area contributed by atoms with Crippen LogP contribution in [0.3, 0.4) is 0 Å². The van der Waals surface area contributed by atoms with E-state index in [4.69, 9.17) is 0 Å². The summed E-state index contributed by atoms with van der Waals surface area (Å²) in [4.78, 5) is 11.9. The van der Waals surface area contributed by atoms with E-state index in [2.05, 4.69) is 17.6 Å². The Hall–Kier alpha value is -1.51. The number of para-hydroxylation sites is 1. The van der Waals surface area contributed by atoms with Crippen LogP contribution in [0.5, 0.6) is 0 Å². The monoisotopic (exact) mass is 272 g/mol. The zero-order valence-corrected chi connectivity index (χ0v) is 12.1. The van der Waals surface area contributed by atoms with Gasteiger partial charge in [0.2, 0.25) is 0 Å². The molecule has 0 saturated heterocycles. The first-order valence-electron chi connectivity index (χ1n) is 7.83. The fourth-order valence-corrected chi connectivity index (χ4v) is 4.09. The Morgan fingerprint density at radius 2 is 2.05 bits per heavy atom. The third-order valence-electron chi connectivity index (χ3n) is 4.95. The van der Waals surface area contributed by atoms with Crippen LogP contribution in [0, 0.1) is 17.8 Å². The van der Waals surface area contributed by atoms with Gasteiger partial charge >= 0.3 is 6.03 Å². The Morgan fingerprint density at radius 3 is 2.70 bits per heavy atom. The molecule has 0 aromatic heterocycles. The molecule has 3 rings (SSSR count). The number of hydrogen-bond donors (Lipinski definition) is 2. The van der Waals surface area contributed by atoms with E-state index in [0.29, 0.717) is 0 Å². The highest BCUT2D eigenvalue weighted by Crippen LogP contribution is 2.49. The molecule has 2 aliphatic rings. The number of fused-ring (bicyclic) bond motifs is 2. The maximum absolute atomic E-state index is 11.9. The van der Waals surface area contributed by atoms with Crippen LogP contribution in [0.1, 0.15) is 39.0 Å². The molecule has 20 heavy (non-hydrogen) atoms. The first-order valence-corrected chi connectivity index (χ1v) is 7.83. The van der Waals surface area contributed by atoms with Gasteiger partial charge in [0.05, 0.1) is 0 Å². The van der Waals surface area contributed by atoms with Crippen molar-refractivity contribution in [2.45, 2.75) is 45.1 Å². The average molecular weight is 272 g/mol. The second-order valence-electron chi connectivity index (χ2n) is 6.54. The summed E-state index contributed by atoms with van der Waals surface area (Å²) in [6, 6.07) is 9.76. The second kappa shape index (κ2) is 5.86. The lowest BCUT2D eigenvalue weighted by atomic mass is 9.84.